The Morgan fingerprint density at radius 3 is 1.88 bits per heavy atom. The Hall–Kier alpha value is -4.40. The second kappa shape index (κ2) is 13.5. The van der Waals surface area contributed by atoms with E-state index < -0.39 is 0 Å². The van der Waals surface area contributed by atoms with Gasteiger partial charge in [-0.25, -0.2) is 0 Å². The predicted molar refractivity (Wildman–Crippen MR) is 157 cm³/mol. The fourth-order valence-corrected chi connectivity index (χ4v) is 5.60. The quantitative estimate of drug-likeness (QED) is 0.362. The van der Waals surface area contributed by atoms with Gasteiger partial charge in [-0.1, -0.05) is 0 Å². The summed E-state index contributed by atoms with van der Waals surface area (Å²) in [5.41, 5.74) is 1.38. The van der Waals surface area contributed by atoms with Gasteiger partial charge in [0.1, 0.15) is 22.9 Å². The molecule has 9 nitrogen and oxygen atoms in total. The van der Waals surface area contributed by atoms with Crippen LogP contribution in [0, 0.1) is 5.92 Å². The summed E-state index contributed by atoms with van der Waals surface area (Å²) < 4.78 is 16.4. The molecule has 0 bridgehead atoms. The lowest BCUT2D eigenvalue weighted by atomic mass is 9.88. The number of hydrogen-bond donors (Lipinski definition) is 1. The molecule has 1 aliphatic carbocycles. The van der Waals surface area contributed by atoms with E-state index in [4.69, 9.17) is 14.2 Å². The molecule has 220 valence electrons. The molecule has 2 fully saturated rings. The number of carbonyl (C=O) groups is 3. The minimum Gasteiger partial charge on any atom is -0.497 e. The number of carbonyl (C=O) groups excluding carboxylic acids is 3. The summed E-state index contributed by atoms with van der Waals surface area (Å²) >= 11 is 0. The maximum absolute atomic E-state index is 13.1. The Morgan fingerprint density at radius 1 is 0.738 bits per heavy atom. The molecule has 1 aliphatic heterocycles. The highest BCUT2D eigenvalue weighted by Gasteiger charge is 2.29. The molecule has 2 aliphatic rings. The maximum Gasteiger partial charge on any atom is 0.270 e. The summed E-state index contributed by atoms with van der Waals surface area (Å²) in [5.74, 6) is 1.91. The standard InChI is InChI=1S/C33H37N3O6/c1-40-26-8-3-22(4-9-26)31(37)23-17-19-36(20-18-23)33(39)24-5-16-30(34-21-24)32(38)35-25-6-10-28(11-7-25)42-29-14-12-27(41-2)13-15-29/h3-5,8-9,12-16,21,23,25,28H,6-7,10-11,17-20H2,1-2H3,(H,35,38)/t25-,28+. The number of nitrogens with zero attached hydrogens (tertiary/aromatic N) is 2. The van der Waals surface area contributed by atoms with Crippen LogP contribution in [0.3, 0.4) is 0 Å². The third-order valence-electron chi connectivity index (χ3n) is 8.14. The number of Topliss-reactive ketones (excluding diaryl/α,β-unsaturated/α-hetero) is 1. The van der Waals surface area contributed by atoms with Gasteiger partial charge >= 0.3 is 0 Å². The molecule has 2 heterocycles. The Labute approximate surface area is 246 Å². The molecule has 9 heteroatoms. The predicted octanol–water partition coefficient (Wildman–Crippen LogP) is 4.95. The van der Waals surface area contributed by atoms with Crippen LogP contribution >= 0.6 is 0 Å². The van der Waals surface area contributed by atoms with Gasteiger partial charge in [0, 0.05) is 36.8 Å². The van der Waals surface area contributed by atoms with E-state index in [1.54, 1.807) is 55.5 Å². The molecule has 0 spiro atoms. The first kappa shape index (κ1) is 29.1. The summed E-state index contributed by atoms with van der Waals surface area (Å²) in [6, 6.07) is 18.0. The van der Waals surface area contributed by atoms with Gasteiger partial charge in [-0.15, -0.1) is 0 Å². The summed E-state index contributed by atoms with van der Waals surface area (Å²) in [5, 5.41) is 3.07. The number of ketones is 1. The van der Waals surface area contributed by atoms with Gasteiger partial charge < -0.3 is 24.4 Å². The fraction of sp³-hybridized carbons (Fsp3) is 0.394. The van der Waals surface area contributed by atoms with Gasteiger partial charge in [0.05, 0.1) is 25.9 Å². The van der Waals surface area contributed by atoms with E-state index in [2.05, 4.69) is 10.3 Å². The minimum atomic E-state index is -0.244. The van der Waals surface area contributed by atoms with E-state index in [9.17, 15) is 14.4 Å². The zero-order chi connectivity index (χ0) is 29.5. The van der Waals surface area contributed by atoms with E-state index in [1.807, 2.05) is 24.3 Å². The van der Waals surface area contributed by atoms with Gasteiger partial charge in [-0.05, 0) is 99.2 Å². The number of nitrogens with one attached hydrogen (secondary N) is 1. The number of piperidine rings is 1. The molecule has 5 rings (SSSR count). The van der Waals surface area contributed by atoms with Crippen molar-refractivity contribution in [2.45, 2.75) is 50.7 Å². The zero-order valence-electron chi connectivity index (χ0n) is 24.1. The first-order valence-electron chi connectivity index (χ1n) is 14.5. The van der Waals surface area contributed by atoms with Crippen LogP contribution in [0.5, 0.6) is 17.2 Å². The second-order valence-corrected chi connectivity index (χ2v) is 10.8. The molecule has 1 saturated carbocycles. The van der Waals surface area contributed by atoms with Crippen molar-refractivity contribution in [2.75, 3.05) is 27.3 Å². The van der Waals surface area contributed by atoms with E-state index in [0.29, 0.717) is 42.8 Å². The van der Waals surface area contributed by atoms with Crippen LogP contribution in [0.25, 0.3) is 0 Å². The Morgan fingerprint density at radius 2 is 1.31 bits per heavy atom. The van der Waals surface area contributed by atoms with Crippen molar-refractivity contribution in [3.8, 4) is 17.2 Å². The van der Waals surface area contributed by atoms with Crippen molar-refractivity contribution in [1.82, 2.24) is 15.2 Å². The second-order valence-electron chi connectivity index (χ2n) is 10.8. The first-order chi connectivity index (χ1) is 20.4. The van der Waals surface area contributed by atoms with Crippen molar-refractivity contribution in [1.29, 1.82) is 0 Å². The third-order valence-corrected chi connectivity index (χ3v) is 8.14. The number of ether oxygens (including phenoxy) is 3. The maximum atomic E-state index is 13.1. The summed E-state index contributed by atoms with van der Waals surface area (Å²) in [6.45, 7) is 0.997. The third kappa shape index (κ3) is 7.08. The number of aromatic nitrogens is 1. The number of hydrogen-bond acceptors (Lipinski definition) is 7. The van der Waals surface area contributed by atoms with Gasteiger partial charge in [0.2, 0.25) is 0 Å². The van der Waals surface area contributed by atoms with E-state index in [-0.39, 0.29) is 41.4 Å². The van der Waals surface area contributed by atoms with Crippen molar-refractivity contribution < 1.29 is 28.6 Å². The minimum absolute atomic E-state index is 0.0539. The summed E-state index contributed by atoms with van der Waals surface area (Å²) in [4.78, 5) is 44.8. The van der Waals surface area contributed by atoms with Gasteiger partial charge in [0.15, 0.2) is 5.78 Å². The highest BCUT2D eigenvalue weighted by molar-refractivity contribution is 5.99. The van der Waals surface area contributed by atoms with Crippen LogP contribution in [-0.2, 0) is 0 Å². The lowest BCUT2D eigenvalue weighted by Crippen LogP contribution is -2.40. The molecular weight excluding hydrogens is 534 g/mol. The summed E-state index contributed by atoms with van der Waals surface area (Å²) in [6.07, 6.45) is 6.13. The molecule has 0 atom stereocenters. The van der Waals surface area contributed by atoms with Gasteiger partial charge in [-0.3, -0.25) is 19.4 Å². The van der Waals surface area contributed by atoms with Crippen LogP contribution in [0.15, 0.2) is 66.9 Å². The number of pyridine rings is 1. The first-order valence-corrected chi connectivity index (χ1v) is 14.5. The SMILES string of the molecule is COc1ccc(O[C@H]2CC[C@@H](NC(=O)c3ccc(C(=O)N4CCC(C(=O)c5ccc(OC)cc5)CC4)cn3)CC2)cc1. The fourth-order valence-electron chi connectivity index (χ4n) is 5.60. The molecule has 42 heavy (non-hydrogen) atoms. The number of amides is 2. The molecule has 1 aromatic heterocycles. The highest BCUT2D eigenvalue weighted by Crippen LogP contribution is 2.26. The van der Waals surface area contributed by atoms with Crippen LogP contribution in [-0.4, -0.2) is 66.9 Å². The molecule has 0 unspecified atom stereocenters. The zero-order valence-corrected chi connectivity index (χ0v) is 24.1. The molecular formula is C33H37N3O6. The largest absolute Gasteiger partial charge is 0.497 e. The average molecular weight is 572 g/mol. The monoisotopic (exact) mass is 571 g/mol. The van der Waals surface area contributed by atoms with Crippen molar-refractivity contribution in [3.63, 3.8) is 0 Å². The number of likely N-dealkylation sites (tertiary alicyclic amines) is 1. The number of benzene rings is 2. The topological polar surface area (TPSA) is 107 Å². The molecule has 2 aromatic carbocycles. The lowest BCUT2D eigenvalue weighted by molar-refractivity contribution is 0.0649. The molecule has 3 aromatic rings. The van der Waals surface area contributed by atoms with E-state index in [1.165, 1.54) is 6.20 Å². The van der Waals surface area contributed by atoms with E-state index >= 15 is 0 Å². The summed E-state index contributed by atoms with van der Waals surface area (Å²) in [7, 11) is 3.23. The highest BCUT2D eigenvalue weighted by atomic mass is 16.5. The van der Waals surface area contributed by atoms with Gasteiger partial charge in [-0.2, -0.15) is 0 Å². The van der Waals surface area contributed by atoms with Gasteiger partial charge in [0.25, 0.3) is 11.8 Å². The lowest BCUT2D eigenvalue weighted by Gasteiger charge is -2.31. The van der Waals surface area contributed by atoms with Crippen LogP contribution in [0.1, 0.15) is 69.7 Å². The van der Waals surface area contributed by atoms with Crippen LogP contribution < -0.4 is 19.5 Å². The molecule has 0 radical (unpaired) electrons. The Kier molecular flexibility index (Phi) is 9.36. The van der Waals surface area contributed by atoms with Crippen LogP contribution in [0.4, 0.5) is 0 Å². The molecule has 2 amide bonds. The smallest absolute Gasteiger partial charge is 0.270 e. The Bertz CT molecular complexity index is 1360. The van der Waals surface area contributed by atoms with E-state index in [0.717, 1.165) is 37.2 Å². The van der Waals surface area contributed by atoms with Crippen molar-refractivity contribution >= 4 is 17.6 Å². The Balaban J connectivity index is 1.06. The number of rotatable bonds is 9. The average Bonchev–Trinajstić information content (AvgIpc) is 3.05. The number of methoxy groups -OCH3 is 2. The molecule has 1 N–H and O–H groups in total. The van der Waals surface area contributed by atoms with Crippen molar-refractivity contribution in [3.05, 3.63) is 83.7 Å². The molecule has 1 saturated heterocycles. The van der Waals surface area contributed by atoms with Crippen LogP contribution in [0.2, 0.25) is 0 Å². The normalized spacial score (nSPS) is 19.0. The van der Waals surface area contributed by atoms with Crippen molar-refractivity contribution in [2.24, 2.45) is 5.92 Å².